The summed E-state index contributed by atoms with van der Waals surface area (Å²) in [5, 5.41) is 8.27. The Labute approximate surface area is 189 Å². The molecule has 10 heteroatoms. The van der Waals surface area contributed by atoms with Crippen LogP contribution >= 0.6 is 11.6 Å². The Morgan fingerprint density at radius 1 is 1.25 bits per heavy atom. The minimum Gasteiger partial charge on any atom is -0.398 e. The molecule has 1 unspecified atom stereocenters. The predicted molar refractivity (Wildman–Crippen MR) is 119 cm³/mol. The molecule has 0 bridgehead atoms. The third-order valence-electron chi connectivity index (χ3n) is 5.72. The Bertz CT molecular complexity index is 1150. The van der Waals surface area contributed by atoms with Gasteiger partial charge in [-0.2, -0.15) is 0 Å². The molecule has 0 radical (unpaired) electrons. The van der Waals surface area contributed by atoms with Crippen LogP contribution in [-0.2, 0) is 22.7 Å². The van der Waals surface area contributed by atoms with Gasteiger partial charge in [0.1, 0.15) is 6.04 Å². The third-order valence-corrected chi connectivity index (χ3v) is 6.13. The topological polar surface area (TPSA) is 134 Å². The van der Waals surface area contributed by atoms with Gasteiger partial charge in [-0.25, -0.2) is 4.79 Å². The van der Waals surface area contributed by atoms with Crippen LogP contribution in [-0.4, -0.2) is 34.7 Å². The van der Waals surface area contributed by atoms with Crippen molar-refractivity contribution in [3.05, 3.63) is 57.6 Å². The number of benzene rings is 2. The maximum atomic E-state index is 12.8. The largest absolute Gasteiger partial charge is 0.398 e. The maximum Gasteiger partial charge on any atom is 0.319 e. The fourth-order valence-corrected chi connectivity index (χ4v) is 4.07. The highest BCUT2D eigenvalue weighted by Gasteiger charge is 2.40. The Morgan fingerprint density at radius 2 is 2.03 bits per heavy atom. The van der Waals surface area contributed by atoms with Gasteiger partial charge in [0.25, 0.3) is 5.91 Å². The van der Waals surface area contributed by atoms with Crippen molar-refractivity contribution in [1.82, 2.24) is 15.5 Å². The van der Waals surface area contributed by atoms with Gasteiger partial charge >= 0.3 is 6.03 Å². The van der Waals surface area contributed by atoms with Gasteiger partial charge in [-0.15, -0.1) is 0 Å². The van der Waals surface area contributed by atoms with Crippen LogP contribution in [0.5, 0.6) is 0 Å². The van der Waals surface area contributed by atoms with E-state index >= 15 is 0 Å². The number of halogens is 1. The summed E-state index contributed by atoms with van der Waals surface area (Å²) in [4.78, 5) is 50.1. The molecule has 1 saturated heterocycles. The van der Waals surface area contributed by atoms with Crippen LogP contribution in [0.25, 0.3) is 0 Å². The zero-order chi connectivity index (χ0) is 23.0. The van der Waals surface area contributed by atoms with Gasteiger partial charge in [0.15, 0.2) is 0 Å². The van der Waals surface area contributed by atoms with Gasteiger partial charge < -0.3 is 21.3 Å². The molecule has 0 saturated carbocycles. The summed E-state index contributed by atoms with van der Waals surface area (Å²) < 4.78 is 0. The van der Waals surface area contributed by atoms with Gasteiger partial charge in [0, 0.05) is 47.0 Å². The summed E-state index contributed by atoms with van der Waals surface area (Å²) in [6.45, 7) is 2.19. The van der Waals surface area contributed by atoms with Crippen LogP contribution in [0.4, 0.5) is 16.2 Å². The first kappa shape index (κ1) is 21.6. The molecular formula is C22H22ClN5O4. The lowest BCUT2D eigenvalue weighted by Gasteiger charge is -2.29. The van der Waals surface area contributed by atoms with Crippen molar-refractivity contribution in [2.75, 3.05) is 11.1 Å². The maximum absolute atomic E-state index is 12.8. The number of hydrogen-bond acceptors (Lipinski definition) is 5. The molecule has 2 heterocycles. The molecule has 2 aliphatic heterocycles. The molecule has 9 nitrogen and oxygen atoms in total. The lowest BCUT2D eigenvalue weighted by atomic mass is 10.0. The number of nitrogen functional groups attached to an aromatic ring is 1. The van der Waals surface area contributed by atoms with E-state index in [4.69, 9.17) is 17.3 Å². The highest BCUT2D eigenvalue weighted by molar-refractivity contribution is 6.31. The minimum absolute atomic E-state index is 0.150. The first-order valence-electron chi connectivity index (χ1n) is 10.1. The molecule has 166 valence electrons. The van der Waals surface area contributed by atoms with E-state index in [1.165, 1.54) is 4.90 Å². The standard InChI is InChI=1S/C22H22ClN5O4/c1-11-2-4-13(8-16(11)23)26-22(32)25-9-12-3-5-14-15(19(12)24)10-28(21(14)31)17-6-7-18(29)27-20(17)30/h2-5,8,17H,6-7,9-10,24H2,1H3,(H2,25,26,32)(H,27,29,30). The van der Waals surface area contributed by atoms with Crippen molar-refractivity contribution < 1.29 is 19.2 Å². The molecule has 2 aromatic rings. The number of rotatable bonds is 4. The fourth-order valence-electron chi connectivity index (χ4n) is 3.89. The van der Waals surface area contributed by atoms with E-state index in [1.54, 1.807) is 24.3 Å². The van der Waals surface area contributed by atoms with E-state index in [9.17, 15) is 19.2 Å². The number of carbonyl (C=O) groups excluding carboxylic acids is 4. The van der Waals surface area contributed by atoms with Gasteiger partial charge in [0.2, 0.25) is 11.8 Å². The molecule has 2 aliphatic rings. The number of carbonyl (C=O) groups is 4. The highest BCUT2D eigenvalue weighted by Crippen LogP contribution is 2.33. The van der Waals surface area contributed by atoms with Gasteiger partial charge in [-0.3, -0.25) is 19.7 Å². The fraction of sp³-hybridized carbons (Fsp3) is 0.273. The molecule has 5 amide bonds. The van der Waals surface area contributed by atoms with Gasteiger partial charge in [-0.1, -0.05) is 23.7 Å². The molecule has 0 aliphatic carbocycles. The molecule has 1 atom stereocenters. The highest BCUT2D eigenvalue weighted by atomic mass is 35.5. The zero-order valence-corrected chi connectivity index (χ0v) is 18.1. The number of fused-ring (bicyclic) bond motifs is 1. The number of hydrogen-bond donors (Lipinski definition) is 4. The van der Waals surface area contributed by atoms with Crippen molar-refractivity contribution in [3.63, 3.8) is 0 Å². The number of nitrogens with two attached hydrogens (primary N) is 1. The predicted octanol–water partition coefficient (Wildman–Crippen LogP) is 2.31. The molecule has 1 fully saturated rings. The normalized spacial score (nSPS) is 17.8. The molecule has 0 spiro atoms. The van der Waals surface area contributed by atoms with E-state index in [0.717, 1.165) is 5.56 Å². The number of aryl methyl sites for hydroxylation is 1. The molecule has 5 N–H and O–H groups in total. The van der Waals surface area contributed by atoms with E-state index in [0.29, 0.717) is 33.1 Å². The van der Waals surface area contributed by atoms with Crippen LogP contribution in [0.15, 0.2) is 30.3 Å². The van der Waals surface area contributed by atoms with Crippen LogP contribution in [0.2, 0.25) is 5.02 Å². The Kier molecular flexibility index (Phi) is 5.75. The second kappa shape index (κ2) is 8.51. The zero-order valence-electron chi connectivity index (χ0n) is 17.3. The number of amides is 5. The average molecular weight is 456 g/mol. The smallest absolute Gasteiger partial charge is 0.319 e. The van der Waals surface area contributed by atoms with Crippen molar-refractivity contribution in [1.29, 1.82) is 0 Å². The second-order valence-electron chi connectivity index (χ2n) is 7.84. The number of anilines is 2. The molecule has 4 rings (SSSR count). The van der Waals surface area contributed by atoms with Crippen molar-refractivity contribution >= 4 is 46.7 Å². The lowest BCUT2D eigenvalue weighted by Crippen LogP contribution is -2.52. The minimum atomic E-state index is -0.708. The summed E-state index contributed by atoms with van der Waals surface area (Å²) in [6.07, 6.45) is 0.463. The monoisotopic (exact) mass is 455 g/mol. The Balaban J connectivity index is 1.43. The Morgan fingerprint density at radius 3 is 2.75 bits per heavy atom. The average Bonchev–Trinajstić information content (AvgIpc) is 3.07. The molecule has 2 aromatic carbocycles. The van der Waals surface area contributed by atoms with Gasteiger partial charge in [0.05, 0.1) is 0 Å². The number of nitrogens with zero attached hydrogens (tertiary/aromatic N) is 1. The van der Waals surface area contributed by atoms with Crippen LogP contribution in [0.1, 0.15) is 39.9 Å². The second-order valence-corrected chi connectivity index (χ2v) is 8.24. The number of urea groups is 1. The Hall–Kier alpha value is -3.59. The van der Waals surface area contributed by atoms with Crippen molar-refractivity contribution in [2.45, 2.75) is 38.9 Å². The summed E-state index contributed by atoms with van der Waals surface area (Å²) >= 11 is 6.08. The summed E-state index contributed by atoms with van der Waals surface area (Å²) in [7, 11) is 0. The number of piperidine rings is 1. The van der Waals surface area contributed by atoms with E-state index in [2.05, 4.69) is 16.0 Å². The number of nitrogens with one attached hydrogen (secondary N) is 3. The summed E-state index contributed by atoms with van der Waals surface area (Å²) in [5.41, 5.74) is 9.85. The van der Waals surface area contributed by atoms with E-state index < -0.39 is 18.0 Å². The van der Waals surface area contributed by atoms with Crippen LogP contribution in [0, 0.1) is 6.92 Å². The van der Waals surface area contributed by atoms with Crippen molar-refractivity contribution in [3.8, 4) is 0 Å². The van der Waals surface area contributed by atoms with E-state index in [-0.39, 0.29) is 37.7 Å². The molecule has 32 heavy (non-hydrogen) atoms. The van der Waals surface area contributed by atoms with Crippen LogP contribution < -0.4 is 21.7 Å². The quantitative estimate of drug-likeness (QED) is 0.414. The molecule has 0 aromatic heterocycles. The third kappa shape index (κ3) is 4.11. The lowest BCUT2D eigenvalue weighted by molar-refractivity contribution is -0.136. The first-order chi connectivity index (χ1) is 15.2. The number of imide groups is 1. The SMILES string of the molecule is Cc1ccc(NC(=O)NCc2ccc3c(c2N)CN(C2CCC(=O)NC2=O)C3=O)cc1Cl. The van der Waals surface area contributed by atoms with Crippen molar-refractivity contribution in [2.24, 2.45) is 0 Å². The van der Waals surface area contributed by atoms with E-state index in [1.807, 2.05) is 13.0 Å². The molecular weight excluding hydrogens is 434 g/mol. The first-order valence-corrected chi connectivity index (χ1v) is 10.5. The summed E-state index contributed by atoms with van der Waals surface area (Å²) in [6, 6.07) is 7.42. The van der Waals surface area contributed by atoms with Crippen LogP contribution in [0.3, 0.4) is 0 Å². The summed E-state index contributed by atoms with van der Waals surface area (Å²) in [5.74, 6) is -1.11. The van der Waals surface area contributed by atoms with Gasteiger partial charge in [-0.05, 0) is 42.7 Å².